The van der Waals surface area contributed by atoms with Gasteiger partial charge in [0.2, 0.25) is 5.91 Å². The van der Waals surface area contributed by atoms with Crippen molar-refractivity contribution in [3.63, 3.8) is 0 Å². The van der Waals surface area contributed by atoms with E-state index in [1.54, 1.807) is 0 Å². The van der Waals surface area contributed by atoms with Crippen molar-refractivity contribution in [1.82, 2.24) is 15.5 Å². The van der Waals surface area contributed by atoms with E-state index in [2.05, 4.69) is 36.4 Å². The minimum Gasteiger partial charge on any atom is -0.353 e. The molecule has 1 atom stereocenters. The molecule has 1 amide bonds. The molecule has 18 heavy (non-hydrogen) atoms. The van der Waals surface area contributed by atoms with Gasteiger partial charge in [-0.05, 0) is 40.3 Å². The molecule has 1 fully saturated rings. The minimum atomic E-state index is 0. The van der Waals surface area contributed by atoms with E-state index < -0.39 is 0 Å². The van der Waals surface area contributed by atoms with E-state index in [9.17, 15) is 4.79 Å². The second-order valence-electron chi connectivity index (χ2n) is 4.87. The van der Waals surface area contributed by atoms with Crippen molar-refractivity contribution in [3.05, 3.63) is 0 Å². The Hall–Kier alpha value is -0.0300. The maximum atomic E-state index is 11.8. The van der Waals surface area contributed by atoms with Gasteiger partial charge < -0.3 is 15.5 Å². The number of rotatable bonds is 5. The molecule has 1 aliphatic heterocycles. The number of carbonyl (C=O) groups is 1. The van der Waals surface area contributed by atoms with Gasteiger partial charge in [0, 0.05) is 19.1 Å². The Morgan fingerprint density at radius 1 is 1.39 bits per heavy atom. The average molecular weight is 300 g/mol. The molecule has 2 N–H and O–H groups in total. The van der Waals surface area contributed by atoms with Crippen LogP contribution >= 0.6 is 24.8 Å². The van der Waals surface area contributed by atoms with E-state index in [1.165, 1.54) is 6.42 Å². The predicted octanol–water partition coefficient (Wildman–Crippen LogP) is 1.43. The highest BCUT2D eigenvalue weighted by molar-refractivity contribution is 5.85. The summed E-state index contributed by atoms with van der Waals surface area (Å²) < 4.78 is 0. The first kappa shape index (κ1) is 20.3. The molecule has 1 rings (SSSR count). The molecule has 0 unspecified atom stereocenters. The zero-order valence-electron chi connectivity index (χ0n) is 11.6. The highest BCUT2D eigenvalue weighted by atomic mass is 35.5. The second kappa shape index (κ2) is 10.9. The standard InChI is InChI=1S/C12H25N3O.2ClH/c1-10(2)15(3)9-8-14-12(16)11-6-4-5-7-13-11;;/h10-11,13H,4-9H2,1-3H3,(H,14,16);2*1H/t11-;;/m1../s1. The summed E-state index contributed by atoms with van der Waals surface area (Å²) in [7, 11) is 2.08. The van der Waals surface area contributed by atoms with Crippen molar-refractivity contribution >= 4 is 30.7 Å². The van der Waals surface area contributed by atoms with Crippen molar-refractivity contribution in [2.75, 3.05) is 26.7 Å². The molecule has 4 nitrogen and oxygen atoms in total. The molecule has 0 aromatic heterocycles. The van der Waals surface area contributed by atoms with Gasteiger partial charge in [-0.3, -0.25) is 4.79 Å². The number of carbonyl (C=O) groups excluding carboxylic acids is 1. The SMILES string of the molecule is CC(C)N(C)CCNC(=O)[C@H]1CCCCN1.Cl.Cl. The first-order valence-corrected chi connectivity index (χ1v) is 6.32. The van der Waals surface area contributed by atoms with Crippen molar-refractivity contribution < 1.29 is 4.79 Å². The molecule has 1 aliphatic rings. The van der Waals surface area contributed by atoms with E-state index in [0.717, 1.165) is 32.5 Å². The molecule has 110 valence electrons. The zero-order valence-corrected chi connectivity index (χ0v) is 13.2. The molecule has 0 aromatic carbocycles. The second-order valence-corrected chi connectivity index (χ2v) is 4.87. The Morgan fingerprint density at radius 3 is 2.56 bits per heavy atom. The van der Waals surface area contributed by atoms with Crippen molar-refractivity contribution in [1.29, 1.82) is 0 Å². The van der Waals surface area contributed by atoms with E-state index >= 15 is 0 Å². The molecule has 0 radical (unpaired) electrons. The lowest BCUT2D eigenvalue weighted by Gasteiger charge is -2.24. The molecule has 1 heterocycles. The fraction of sp³-hybridized carbons (Fsp3) is 0.917. The number of piperidine rings is 1. The summed E-state index contributed by atoms with van der Waals surface area (Å²) in [5, 5.41) is 6.25. The van der Waals surface area contributed by atoms with Crippen LogP contribution in [0.5, 0.6) is 0 Å². The summed E-state index contributed by atoms with van der Waals surface area (Å²) >= 11 is 0. The van der Waals surface area contributed by atoms with Crippen LogP contribution in [-0.2, 0) is 4.79 Å². The summed E-state index contributed by atoms with van der Waals surface area (Å²) in [5.74, 6) is 0.164. The number of hydrogen-bond donors (Lipinski definition) is 2. The minimum absolute atomic E-state index is 0. The number of hydrogen-bond acceptors (Lipinski definition) is 3. The lowest BCUT2D eigenvalue weighted by atomic mass is 10.0. The molecule has 0 bridgehead atoms. The highest BCUT2D eigenvalue weighted by Gasteiger charge is 2.19. The number of halogens is 2. The molecular formula is C12H27Cl2N3O. The molecule has 0 spiro atoms. The van der Waals surface area contributed by atoms with Crippen molar-refractivity contribution in [2.24, 2.45) is 0 Å². The van der Waals surface area contributed by atoms with Gasteiger partial charge in [-0.15, -0.1) is 24.8 Å². The molecular weight excluding hydrogens is 273 g/mol. The third-order valence-corrected chi connectivity index (χ3v) is 3.27. The van der Waals surface area contributed by atoms with Crippen LogP contribution in [0.3, 0.4) is 0 Å². The lowest BCUT2D eigenvalue weighted by molar-refractivity contribution is -0.123. The maximum Gasteiger partial charge on any atom is 0.237 e. The third kappa shape index (κ3) is 7.41. The van der Waals surface area contributed by atoms with Gasteiger partial charge >= 0.3 is 0 Å². The van der Waals surface area contributed by atoms with Crippen LogP contribution in [0.15, 0.2) is 0 Å². The van der Waals surface area contributed by atoms with E-state index in [1.807, 2.05) is 0 Å². The van der Waals surface area contributed by atoms with Crippen LogP contribution in [0.1, 0.15) is 33.1 Å². The van der Waals surface area contributed by atoms with Crippen LogP contribution in [0, 0.1) is 0 Å². The molecule has 0 aliphatic carbocycles. The first-order valence-electron chi connectivity index (χ1n) is 6.32. The van der Waals surface area contributed by atoms with Crippen LogP contribution in [0.2, 0.25) is 0 Å². The number of nitrogens with one attached hydrogen (secondary N) is 2. The highest BCUT2D eigenvalue weighted by Crippen LogP contribution is 2.06. The van der Waals surface area contributed by atoms with E-state index in [0.29, 0.717) is 6.04 Å². The zero-order chi connectivity index (χ0) is 12.0. The molecule has 1 saturated heterocycles. The van der Waals surface area contributed by atoms with Gasteiger partial charge in [0.15, 0.2) is 0 Å². The van der Waals surface area contributed by atoms with E-state index in [-0.39, 0.29) is 36.8 Å². The van der Waals surface area contributed by atoms with Gasteiger partial charge in [-0.2, -0.15) is 0 Å². The smallest absolute Gasteiger partial charge is 0.237 e. The van der Waals surface area contributed by atoms with Gasteiger partial charge in [0.25, 0.3) is 0 Å². The maximum absolute atomic E-state index is 11.8. The van der Waals surface area contributed by atoms with Crippen LogP contribution in [-0.4, -0.2) is 49.6 Å². The summed E-state index contributed by atoms with van der Waals surface area (Å²) in [6.07, 6.45) is 3.34. The van der Waals surface area contributed by atoms with Gasteiger partial charge in [0.05, 0.1) is 6.04 Å². The Balaban J connectivity index is 0. The Morgan fingerprint density at radius 2 is 2.06 bits per heavy atom. The average Bonchev–Trinajstić information content (AvgIpc) is 2.29. The third-order valence-electron chi connectivity index (χ3n) is 3.27. The van der Waals surface area contributed by atoms with Crippen molar-refractivity contribution in [3.8, 4) is 0 Å². The number of likely N-dealkylation sites (N-methyl/N-ethyl adjacent to an activating group) is 1. The van der Waals surface area contributed by atoms with Crippen LogP contribution in [0.25, 0.3) is 0 Å². The number of amides is 1. The van der Waals surface area contributed by atoms with Crippen LogP contribution < -0.4 is 10.6 Å². The lowest BCUT2D eigenvalue weighted by Crippen LogP contribution is -2.48. The molecule has 6 heteroatoms. The monoisotopic (exact) mass is 299 g/mol. The van der Waals surface area contributed by atoms with Crippen LogP contribution in [0.4, 0.5) is 0 Å². The number of nitrogens with zero attached hydrogens (tertiary/aromatic N) is 1. The van der Waals surface area contributed by atoms with Gasteiger partial charge in [-0.1, -0.05) is 6.42 Å². The quantitative estimate of drug-likeness (QED) is 0.807. The summed E-state index contributed by atoms with van der Waals surface area (Å²) in [5.41, 5.74) is 0. The Kier molecular flexibility index (Phi) is 12.2. The Labute approximate surface area is 123 Å². The first-order chi connectivity index (χ1) is 7.61. The fourth-order valence-corrected chi connectivity index (χ4v) is 1.81. The fourth-order valence-electron chi connectivity index (χ4n) is 1.81. The predicted molar refractivity (Wildman–Crippen MR) is 80.9 cm³/mol. The summed E-state index contributed by atoms with van der Waals surface area (Å²) in [6, 6.07) is 0.572. The normalized spacial score (nSPS) is 19.1. The largest absolute Gasteiger partial charge is 0.353 e. The Bertz CT molecular complexity index is 221. The van der Waals surface area contributed by atoms with Crippen molar-refractivity contribution in [2.45, 2.75) is 45.2 Å². The van der Waals surface area contributed by atoms with Gasteiger partial charge in [-0.25, -0.2) is 0 Å². The van der Waals surface area contributed by atoms with Gasteiger partial charge in [0.1, 0.15) is 0 Å². The summed E-state index contributed by atoms with van der Waals surface area (Å²) in [6.45, 7) is 6.95. The molecule has 0 saturated carbocycles. The summed E-state index contributed by atoms with van der Waals surface area (Å²) in [4.78, 5) is 14.0. The topological polar surface area (TPSA) is 44.4 Å². The van der Waals surface area contributed by atoms with E-state index in [4.69, 9.17) is 0 Å². The molecule has 0 aromatic rings.